The van der Waals surface area contributed by atoms with Crippen LogP contribution in [0.25, 0.3) is 0 Å². The molecule has 0 aromatic heterocycles. The topological polar surface area (TPSA) is 18.5 Å². The summed E-state index contributed by atoms with van der Waals surface area (Å²) in [5.41, 5.74) is 1.37. The fraction of sp³-hybridized carbons (Fsp3) is 0.846. The molecule has 2 nitrogen and oxygen atoms in total. The van der Waals surface area contributed by atoms with Crippen molar-refractivity contribution in [1.82, 2.24) is 0 Å². The first-order valence-corrected chi connectivity index (χ1v) is 9.79. The van der Waals surface area contributed by atoms with E-state index in [1.165, 1.54) is 37.7 Å². The maximum absolute atomic E-state index is 5.89. The lowest BCUT2D eigenvalue weighted by Gasteiger charge is -2.25. The van der Waals surface area contributed by atoms with Crippen LogP contribution < -0.4 is 0 Å². The highest BCUT2D eigenvalue weighted by molar-refractivity contribution is 6.69. The Hall–Kier alpha value is -0.283. The Morgan fingerprint density at radius 2 is 1.81 bits per heavy atom. The molecule has 0 aromatic carbocycles. The van der Waals surface area contributed by atoms with Crippen LogP contribution in [0.1, 0.15) is 32.1 Å². The van der Waals surface area contributed by atoms with Crippen molar-refractivity contribution in [3.05, 3.63) is 11.8 Å². The van der Waals surface area contributed by atoms with Crippen molar-refractivity contribution < 1.29 is 9.16 Å². The van der Waals surface area contributed by atoms with Crippen LogP contribution in [0.2, 0.25) is 19.6 Å². The number of hydrogen-bond acceptors (Lipinski definition) is 2. The van der Waals surface area contributed by atoms with Crippen molar-refractivity contribution in [3.8, 4) is 0 Å². The van der Waals surface area contributed by atoms with Gasteiger partial charge in [0.05, 0.1) is 12.9 Å². The summed E-state index contributed by atoms with van der Waals surface area (Å²) in [4.78, 5) is 0. The zero-order chi connectivity index (χ0) is 12.0. The first kappa shape index (κ1) is 13.8. The molecule has 0 saturated heterocycles. The zero-order valence-corrected chi connectivity index (χ0v) is 12.2. The molecule has 0 N–H and O–H groups in total. The van der Waals surface area contributed by atoms with Crippen molar-refractivity contribution in [3.63, 3.8) is 0 Å². The molecule has 1 rings (SSSR count). The average Bonchev–Trinajstić information content (AvgIpc) is 2.24. The van der Waals surface area contributed by atoms with Gasteiger partial charge in [0.1, 0.15) is 0 Å². The third-order valence-electron chi connectivity index (χ3n) is 3.00. The largest absolute Gasteiger partial charge is 0.550 e. The molecule has 1 fully saturated rings. The fourth-order valence-electron chi connectivity index (χ4n) is 2.14. The van der Waals surface area contributed by atoms with Gasteiger partial charge in [-0.15, -0.1) is 0 Å². The summed E-state index contributed by atoms with van der Waals surface area (Å²) in [6.07, 6.45) is 8.74. The van der Waals surface area contributed by atoms with Gasteiger partial charge in [0, 0.05) is 7.11 Å². The third kappa shape index (κ3) is 5.17. The molecule has 0 radical (unpaired) electrons. The number of rotatable bonds is 5. The monoisotopic (exact) mass is 242 g/mol. The van der Waals surface area contributed by atoms with Crippen LogP contribution in [0.5, 0.6) is 0 Å². The Morgan fingerprint density at radius 1 is 1.19 bits per heavy atom. The number of methoxy groups -OCH3 is 1. The van der Waals surface area contributed by atoms with E-state index >= 15 is 0 Å². The van der Waals surface area contributed by atoms with Gasteiger partial charge in [0.15, 0.2) is 0 Å². The van der Waals surface area contributed by atoms with E-state index in [2.05, 4.69) is 19.6 Å². The average molecular weight is 242 g/mol. The second-order valence-electron chi connectivity index (χ2n) is 5.69. The van der Waals surface area contributed by atoms with Gasteiger partial charge in [-0.2, -0.15) is 0 Å². The van der Waals surface area contributed by atoms with Crippen LogP contribution >= 0.6 is 0 Å². The lowest BCUT2D eigenvalue weighted by atomic mass is 9.84. The van der Waals surface area contributed by atoms with E-state index < -0.39 is 8.32 Å². The molecular formula is C13H26O2Si. The molecule has 0 aromatic rings. The predicted octanol–water partition coefficient (Wildman–Crippen LogP) is 3.95. The van der Waals surface area contributed by atoms with Gasteiger partial charge in [-0.1, -0.05) is 19.3 Å². The SMILES string of the molecule is COCC(=CO[Si](C)(C)C)C1CCCCC1. The molecule has 0 bridgehead atoms. The first-order chi connectivity index (χ1) is 7.53. The number of hydrogen-bond donors (Lipinski definition) is 0. The van der Waals surface area contributed by atoms with Gasteiger partial charge in [-0.05, 0) is 44.0 Å². The van der Waals surface area contributed by atoms with Crippen LogP contribution in [-0.4, -0.2) is 22.0 Å². The molecule has 16 heavy (non-hydrogen) atoms. The Kier molecular flexibility index (Phi) is 5.56. The van der Waals surface area contributed by atoms with Crippen LogP contribution in [0, 0.1) is 5.92 Å². The van der Waals surface area contributed by atoms with Crippen LogP contribution in [0.4, 0.5) is 0 Å². The minimum absolute atomic E-state index is 0.699. The first-order valence-electron chi connectivity index (χ1n) is 6.38. The second kappa shape index (κ2) is 6.45. The predicted molar refractivity (Wildman–Crippen MR) is 71.0 cm³/mol. The van der Waals surface area contributed by atoms with Gasteiger partial charge in [0.2, 0.25) is 8.32 Å². The summed E-state index contributed by atoms with van der Waals surface area (Å²) in [6, 6.07) is 0. The highest BCUT2D eigenvalue weighted by Crippen LogP contribution is 2.30. The van der Waals surface area contributed by atoms with Crippen LogP contribution in [-0.2, 0) is 9.16 Å². The van der Waals surface area contributed by atoms with Gasteiger partial charge >= 0.3 is 0 Å². The lowest BCUT2D eigenvalue weighted by Crippen LogP contribution is -2.23. The molecule has 94 valence electrons. The van der Waals surface area contributed by atoms with Crippen LogP contribution in [0.3, 0.4) is 0 Å². The van der Waals surface area contributed by atoms with Gasteiger partial charge in [-0.25, -0.2) is 0 Å². The maximum atomic E-state index is 5.89. The maximum Gasteiger partial charge on any atom is 0.241 e. The zero-order valence-electron chi connectivity index (χ0n) is 11.2. The van der Waals surface area contributed by atoms with Crippen molar-refractivity contribution in [2.45, 2.75) is 51.7 Å². The minimum atomic E-state index is -1.44. The van der Waals surface area contributed by atoms with Gasteiger partial charge in [-0.3, -0.25) is 0 Å². The number of ether oxygens (including phenoxy) is 1. The molecule has 0 amide bonds. The molecule has 0 unspecified atom stereocenters. The Morgan fingerprint density at radius 3 is 2.31 bits per heavy atom. The van der Waals surface area contributed by atoms with E-state index in [4.69, 9.17) is 9.16 Å². The highest BCUT2D eigenvalue weighted by atomic mass is 28.4. The molecule has 1 aliphatic carbocycles. The molecule has 0 atom stereocenters. The third-order valence-corrected chi connectivity index (χ3v) is 3.83. The lowest BCUT2D eigenvalue weighted by molar-refractivity contribution is 0.205. The van der Waals surface area contributed by atoms with Crippen LogP contribution in [0.15, 0.2) is 11.8 Å². The Balaban J connectivity index is 2.57. The van der Waals surface area contributed by atoms with E-state index in [-0.39, 0.29) is 0 Å². The van der Waals surface area contributed by atoms with Crippen molar-refractivity contribution in [1.29, 1.82) is 0 Å². The molecule has 1 aliphatic rings. The van der Waals surface area contributed by atoms with Gasteiger partial charge in [0.25, 0.3) is 0 Å². The molecular weight excluding hydrogens is 216 g/mol. The van der Waals surface area contributed by atoms with Crippen molar-refractivity contribution >= 4 is 8.32 Å². The van der Waals surface area contributed by atoms with Crippen molar-refractivity contribution in [2.24, 2.45) is 5.92 Å². The smallest absolute Gasteiger partial charge is 0.241 e. The summed E-state index contributed by atoms with van der Waals surface area (Å²) < 4.78 is 11.2. The molecule has 0 aliphatic heterocycles. The van der Waals surface area contributed by atoms with E-state index in [9.17, 15) is 0 Å². The molecule has 1 saturated carbocycles. The van der Waals surface area contributed by atoms with E-state index in [0.29, 0.717) is 5.92 Å². The van der Waals surface area contributed by atoms with E-state index in [1.807, 2.05) is 6.26 Å². The van der Waals surface area contributed by atoms with E-state index in [0.717, 1.165) is 6.61 Å². The molecule has 3 heteroatoms. The second-order valence-corrected chi connectivity index (χ2v) is 10.2. The summed E-state index contributed by atoms with van der Waals surface area (Å²) in [5.74, 6) is 0.699. The molecule has 0 spiro atoms. The van der Waals surface area contributed by atoms with Gasteiger partial charge < -0.3 is 9.16 Å². The van der Waals surface area contributed by atoms with E-state index in [1.54, 1.807) is 7.11 Å². The summed E-state index contributed by atoms with van der Waals surface area (Å²) in [7, 11) is 0.325. The summed E-state index contributed by atoms with van der Waals surface area (Å²) in [6.45, 7) is 7.38. The van der Waals surface area contributed by atoms with Crippen molar-refractivity contribution in [2.75, 3.05) is 13.7 Å². The highest BCUT2D eigenvalue weighted by Gasteiger charge is 2.20. The fourth-order valence-corrected chi connectivity index (χ4v) is 2.65. The summed E-state index contributed by atoms with van der Waals surface area (Å²) in [5, 5.41) is 0. The minimum Gasteiger partial charge on any atom is -0.550 e. The normalized spacial score (nSPS) is 19.9. The standard InChI is InChI=1S/C13H26O2Si/c1-14-10-13(11-15-16(2,3)4)12-8-6-5-7-9-12/h11-12H,5-10H2,1-4H3. The quantitative estimate of drug-likeness (QED) is 0.537. The molecule has 0 heterocycles. The Labute approximate surface area is 101 Å². The summed E-state index contributed by atoms with van der Waals surface area (Å²) >= 11 is 0. The Bertz CT molecular complexity index is 225.